The fourth-order valence-electron chi connectivity index (χ4n) is 2.39. The summed E-state index contributed by atoms with van der Waals surface area (Å²) in [6.45, 7) is 5.26. The van der Waals surface area contributed by atoms with Gasteiger partial charge in [-0.2, -0.15) is 0 Å². The number of nitrogens with two attached hydrogens (primary N) is 1. The van der Waals surface area contributed by atoms with E-state index in [0.717, 1.165) is 0 Å². The molecule has 0 aliphatic rings. The first-order chi connectivity index (χ1) is 9.01. The number of rotatable bonds is 6. The van der Waals surface area contributed by atoms with Gasteiger partial charge in [0.1, 0.15) is 0 Å². The van der Waals surface area contributed by atoms with Gasteiger partial charge in [-0.15, -0.1) is 0 Å². The van der Waals surface area contributed by atoms with Crippen LogP contribution in [0.4, 0.5) is 0 Å². The summed E-state index contributed by atoms with van der Waals surface area (Å²) in [5, 5.41) is 2.68. The third-order valence-corrected chi connectivity index (χ3v) is 3.56. The van der Waals surface area contributed by atoms with Crippen LogP contribution in [0, 0.1) is 12.8 Å². The molecule has 0 radical (unpaired) electrons. The number of carbonyl (C=O) groups is 1. The highest BCUT2D eigenvalue weighted by Crippen LogP contribution is 2.22. The largest absolute Gasteiger partial charge is 0.359 e. The maximum atomic E-state index is 11.6. The van der Waals surface area contributed by atoms with Crippen molar-refractivity contribution in [3.63, 3.8) is 0 Å². The van der Waals surface area contributed by atoms with E-state index >= 15 is 0 Å². The van der Waals surface area contributed by atoms with Crippen molar-refractivity contribution < 1.29 is 4.79 Å². The van der Waals surface area contributed by atoms with Gasteiger partial charge in [0.05, 0.1) is 0 Å². The monoisotopic (exact) mass is 263 g/mol. The maximum absolute atomic E-state index is 11.6. The molecule has 1 aromatic rings. The summed E-state index contributed by atoms with van der Waals surface area (Å²) >= 11 is 0. The average molecular weight is 263 g/mol. The Hall–Kier alpha value is -1.39. The van der Waals surface area contributed by atoms with Gasteiger partial charge in [0.2, 0.25) is 5.91 Å². The van der Waals surface area contributed by atoms with Crippen LogP contribution in [-0.2, 0) is 4.79 Å². The van der Waals surface area contributed by atoms with E-state index in [1.807, 2.05) is 26.1 Å². The summed E-state index contributed by atoms with van der Waals surface area (Å²) in [5.74, 6) is 0.0143. The summed E-state index contributed by atoms with van der Waals surface area (Å²) in [6, 6.07) is 8.40. The van der Waals surface area contributed by atoms with E-state index in [1.54, 1.807) is 7.05 Å². The quantitative estimate of drug-likeness (QED) is 0.813. The highest BCUT2D eigenvalue weighted by atomic mass is 16.1. The number of aryl methyl sites for hydroxylation is 1. The summed E-state index contributed by atoms with van der Waals surface area (Å²) in [6.07, 6.45) is 0. The van der Waals surface area contributed by atoms with Crippen LogP contribution >= 0.6 is 0 Å². The number of carbonyl (C=O) groups excluding carboxylic acids is 1. The Bertz CT molecular complexity index is 420. The maximum Gasteiger partial charge on any atom is 0.223 e. The number of amides is 1. The molecule has 4 nitrogen and oxygen atoms in total. The molecule has 1 aromatic carbocycles. The van der Waals surface area contributed by atoms with Gasteiger partial charge < -0.3 is 11.1 Å². The Labute approximate surface area is 116 Å². The number of likely N-dealkylation sites (N-methyl/N-ethyl adjacent to an activating group) is 1. The van der Waals surface area contributed by atoms with E-state index in [4.69, 9.17) is 5.73 Å². The normalized spacial score (nSPS) is 14.2. The zero-order valence-corrected chi connectivity index (χ0v) is 12.3. The van der Waals surface area contributed by atoms with Gasteiger partial charge in [-0.05, 0) is 25.1 Å². The van der Waals surface area contributed by atoms with E-state index in [9.17, 15) is 4.79 Å². The molecule has 1 amide bonds. The van der Waals surface area contributed by atoms with Crippen molar-refractivity contribution in [1.29, 1.82) is 0 Å². The number of hydrogen-bond acceptors (Lipinski definition) is 3. The van der Waals surface area contributed by atoms with Crippen molar-refractivity contribution >= 4 is 5.91 Å². The molecule has 0 saturated heterocycles. The van der Waals surface area contributed by atoms with Gasteiger partial charge in [-0.1, -0.05) is 31.2 Å². The highest BCUT2D eigenvalue weighted by Gasteiger charge is 2.21. The van der Waals surface area contributed by atoms with Crippen LogP contribution in [0.15, 0.2) is 24.3 Å². The third kappa shape index (κ3) is 4.04. The zero-order chi connectivity index (χ0) is 14.4. The Morgan fingerprint density at radius 2 is 2.05 bits per heavy atom. The van der Waals surface area contributed by atoms with Crippen LogP contribution in [0.3, 0.4) is 0 Å². The minimum atomic E-state index is -0.0481. The average Bonchev–Trinajstić information content (AvgIpc) is 2.40. The Morgan fingerprint density at radius 1 is 1.42 bits per heavy atom. The van der Waals surface area contributed by atoms with E-state index in [-0.39, 0.29) is 17.9 Å². The Morgan fingerprint density at radius 3 is 2.58 bits per heavy atom. The number of benzene rings is 1. The first-order valence-corrected chi connectivity index (χ1v) is 6.68. The fourth-order valence-corrected chi connectivity index (χ4v) is 2.39. The zero-order valence-electron chi connectivity index (χ0n) is 12.3. The molecule has 1 rings (SSSR count). The minimum Gasteiger partial charge on any atom is -0.359 e. The van der Waals surface area contributed by atoms with E-state index in [0.29, 0.717) is 13.1 Å². The van der Waals surface area contributed by atoms with Gasteiger partial charge in [-0.25, -0.2) is 0 Å². The second-order valence-corrected chi connectivity index (χ2v) is 5.06. The van der Waals surface area contributed by atoms with Crippen molar-refractivity contribution in [2.24, 2.45) is 11.7 Å². The molecule has 2 atom stereocenters. The first kappa shape index (κ1) is 15.7. The van der Waals surface area contributed by atoms with Gasteiger partial charge in [0.25, 0.3) is 0 Å². The molecule has 106 valence electrons. The lowest BCUT2D eigenvalue weighted by molar-refractivity contribution is -0.124. The number of hydrogen-bond donors (Lipinski definition) is 2. The summed E-state index contributed by atoms with van der Waals surface area (Å²) in [4.78, 5) is 13.7. The second-order valence-electron chi connectivity index (χ2n) is 5.06. The second kappa shape index (κ2) is 7.26. The van der Waals surface area contributed by atoms with Crippen molar-refractivity contribution in [3.8, 4) is 0 Å². The van der Waals surface area contributed by atoms with Gasteiger partial charge in [0, 0.05) is 32.1 Å². The highest BCUT2D eigenvalue weighted by molar-refractivity contribution is 5.78. The molecule has 0 spiro atoms. The fraction of sp³-hybridized carbons (Fsp3) is 0.533. The molecule has 3 N–H and O–H groups in total. The van der Waals surface area contributed by atoms with Crippen molar-refractivity contribution in [1.82, 2.24) is 10.2 Å². The molecular formula is C15H25N3O. The molecular weight excluding hydrogens is 238 g/mol. The van der Waals surface area contributed by atoms with Crippen LogP contribution < -0.4 is 11.1 Å². The molecule has 0 fully saturated rings. The SMILES string of the molecule is CNC(=O)C(C)CN(C)C(CN)c1ccccc1C. The van der Waals surface area contributed by atoms with Crippen LogP contribution in [0.25, 0.3) is 0 Å². The van der Waals surface area contributed by atoms with Gasteiger partial charge >= 0.3 is 0 Å². The summed E-state index contributed by atoms with van der Waals surface area (Å²) in [7, 11) is 3.68. The predicted octanol–water partition coefficient (Wildman–Crippen LogP) is 1.31. The van der Waals surface area contributed by atoms with Crippen molar-refractivity contribution in [2.75, 3.05) is 27.2 Å². The summed E-state index contributed by atoms with van der Waals surface area (Å²) in [5.41, 5.74) is 8.38. The van der Waals surface area contributed by atoms with E-state index < -0.39 is 0 Å². The Kier molecular flexibility index (Phi) is 5.99. The molecule has 0 aromatic heterocycles. The van der Waals surface area contributed by atoms with Crippen LogP contribution in [-0.4, -0.2) is 38.0 Å². The number of nitrogens with one attached hydrogen (secondary N) is 1. The molecule has 4 heteroatoms. The predicted molar refractivity (Wildman–Crippen MR) is 78.8 cm³/mol. The van der Waals surface area contributed by atoms with Crippen LogP contribution in [0.5, 0.6) is 0 Å². The number of nitrogens with zero attached hydrogens (tertiary/aromatic N) is 1. The van der Waals surface area contributed by atoms with Crippen molar-refractivity contribution in [2.45, 2.75) is 19.9 Å². The van der Waals surface area contributed by atoms with Crippen molar-refractivity contribution in [3.05, 3.63) is 35.4 Å². The van der Waals surface area contributed by atoms with Gasteiger partial charge in [-0.3, -0.25) is 9.69 Å². The smallest absolute Gasteiger partial charge is 0.223 e. The van der Waals surface area contributed by atoms with Crippen LogP contribution in [0.2, 0.25) is 0 Å². The molecule has 0 heterocycles. The molecule has 0 saturated carbocycles. The van der Waals surface area contributed by atoms with E-state index in [2.05, 4.69) is 29.3 Å². The van der Waals surface area contributed by atoms with Gasteiger partial charge in [0.15, 0.2) is 0 Å². The summed E-state index contributed by atoms with van der Waals surface area (Å²) < 4.78 is 0. The lowest BCUT2D eigenvalue weighted by Crippen LogP contribution is -2.38. The molecule has 0 bridgehead atoms. The standard InChI is InChI=1S/C15H25N3O/c1-11-7-5-6-8-13(11)14(9-16)18(4)10-12(2)15(19)17-3/h5-8,12,14H,9-10,16H2,1-4H3,(H,17,19). The molecule has 0 aliphatic heterocycles. The molecule has 0 aliphatic carbocycles. The lowest BCUT2D eigenvalue weighted by Gasteiger charge is -2.30. The minimum absolute atomic E-state index is 0.0481. The molecule has 19 heavy (non-hydrogen) atoms. The molecule has 2 unspecified atom stereocenters. The van der Waals surface area contributed by atoms with Crippen LogP contribution in [0.1, 0.15) is 24.1 Å². The topological polar surface area (TPSA) is 58.4 Å². The third-order valence-electron chi connectivity index (χ3n) is 3.56. The lowest BCUT2D eigenvalue weighted by atomic mass is 9.99. The first-order valence-electron chi connectivity index (χ1n) is 6.68. The Balaban J connectivity index is 2.80. The van der Waals surface area contributed by atoms with E-state index in [1.165, 1.54) is 11.1 Å².